The molecular weight excluding hydrogens is 488 g/mol. The lowest BCUT2D eigenvalue weighted by Gasteiger charge is -2.46. The van der Waals surface area contributed by atoms with E-state index in [0.717, 1.165) is 0 Å². The molecule has 3 atom stereocenters. The Kier molecular flexibility index (Phi) is 8.65. The average Bonchev–Trinajstić information content (AvgIpc) is 3.62. The predicted molar refractivity (Wildman–Crippen MR) is 156 cm³/mol. The topological polar surface area (TPSA) is 3.24 Å². The van der Waals surface area contributed by atoms with Crippen molar-refractivity contribution in [2.75, 3.05) is 12.7 Å². The van der Waals surface area contributed by atoms with Crippen LogP contribution in [0.1, 0.15) is 55.3 Å². The minimum atomic E-state index is -0.480. The lowest BCUT2D eigenvalue weighted by atomic mass is 9.93. The quantitative estimate of drug-likeness (QED) is 0.199. The summed E-state index contributed by atoms with van der Waals surface area (Å²) in [5, 5.41) is 4.54. The number of hydrogen-bond acceptors (Lipinski definition) is 3. The predicted octanol–water partition coefficient (Wildman–Crippen LogP) is 8.98. The molecule has 0 amide bonds. The van der Waals surface area contributed by atoms with E-state index in [-0.39, 0.29) is 8.07 Å². The van der Waals surface area contributed by atoms with Crippen LogP contribution in [-0.2, 0) is 0 Å². The summed E-state index contributed by atoms with van der Waals surface area (Å²) in [7, 11) is -0.803. The maximum absolute atomic E-state index is 3.03. The SMILES string of the molecule is CCCCN(P(c1cccs1)c1cccs1)P1CC(c2ccccc2)CCC1c1ccccc1. The Morgan fingerprint density at radius 2 is 1.41 bits per heavy atom. The maximum atomic E-state index is 3.03. The highest BCUT2D eigenvalue weighted by molar-refractivity contribution is 7.85. The summed E-state index contributed by atoms with van der Waals surface area (Å²) in [6.45, 7) is 3.54. The number of thiophene rings is 2. The van der Waals surface area contributed by atoms with Gasteiger partial charge in [-0.1, -0.05) is 86.1 Å². The molecule has 4 aromatic rings. The van der Waals surface area contributed by atoms with Crippen LogP contribution in [0.5, 0.6) is 0 Å². The molecule has 2 aromatic carbocycles. The fourth-order valence-electron chi connectivity index (χ4n) is 4.98. The third-order valence-electron chi connectivity index (χ3n) is 6.68. The van der Waals surface area contributed by atoms with Crippen LogP contribution in [0.2, 0.25) is 0 Å². The Morgan fingerprint density at radius 1 is 0.794 bits per heavy atom. The van der Waals surface area contributed by atoms with Crippen LogP contribution >= 0.6 is 38.8 Å². The van der Waals surface area contributed by atoms with E-state index in [2.05, 4.69) is 107 Å². The largest absolute Gasteiger partial charge is 0.251 e. The molecule has 0 spiro atoms. The van der Waals surface area contributed by atoms with Crippen molar-refractivity contribution in [3.8, 4) is 0 Å². The monoisotopic (exact) mass is 521 g/mol. The molecule has 3 unspecified atom stereocenters. The molecule has 0 bridgehead atoms. The van der Waals surface area contributed by atoms with E-state index in [9.17, 15) is 0 Å². The molecule has 5 rings (SSSR count). The van der Waals surface area contributed by atoms with E-state index < -0.39 is 8.07 Å². The minimum Gasteiger partial charge on any atom is -0.251 e. The van der Waals surface area contributed by atoms with Gasteiger partial charge in [0.15, 0.2) is 0 Å². The molecule has 0 radical (unpaired) electrons. The van der Waals surface area contributed by atoms with Gasteiger partial charge in [0.1, 0.15) is 0 Å². The molecule has 1 aliphatic rings. The van der Waals surface area contributed by atoms with Gasteiger partial charge in [-0.3, -0.25) is 4.44 Å². The van der Waals surface area contributed by atoms with Crippen molar-refractivity contribution in [3.63, 3.8) is 0 Å². The molecule has 0 saturated carbocycles. The molecule has 176 valence electrons. The minimum absolute atomic E-state index is 0.323. The van der Waals surface area contributed by atoms with Crippen LogP contribution in [0.25, 0.3) is 0 Å². The van der Waals surface area contributed by atoms with Crippen molar-refractivity contribution in [1.29, 1.82) is 0 Å². The second kappa shape index (κ2) is 12.1. The van der Waals surface area contributed by atoms with Crippen molar-refractivity contribution in [1.82, 2.24) is 4.44 Å². The molecule has 1 nitrogen and oxygen atoms in total. The van der Waals surface area contributed by atoms with Crippen molar-refractivity contribution in [3.05, 3.63) is 107 Å². The molecular formula is C29H33NP2S2. The fraction of sp³-hybridized carbons (Fsp3) is 0.310. The Morgan fingerprint density at radius 3 is 1.97 bits per heavy atom. The standard InChI is InChI=1S/C29H33NP2S2/c1-2-3-20-30(32(28-16-10-21-33-28)29-17-11-22-34-29)31-23-26(24-12-6-4-7-13-24)18-19-27(31)25-14-8-5-9-15-25/h4-17,21-22,26-27H,2-3,18-20,23H2,1H3. The molecule has 1 saturated heterocycles. The van der Waals surface area contributed by atoms with Gasteiger partial charge in [-0.2, -0.15) is 0 Å². The summed E-state index contributed by atoms with van der Waals surface area (Å²) in [6, 6.07) is 32.0. The van der Waals surface area contributed by atoms with Gasteiger partial charge in [0, 0.05) is 21.4 Å². The molecule has 3 heterocycles. The first-order valence-electron chi connectivity index (χ1n) is 12.4. The van der Waals surface area contributed by atoms with Gasteiger partial charge in [-0.15, -0.1) is 22.7 Å². The van der Waals surface area contributed by atoms with E-state index in [4.69, 9.17) is 0 Å². The second-order valence-corrected chi connectivity index (χ2v) is 16.1. The van der Waals surface area contributed by atoms with Crippen LogP contribution in [0.15, 0.2) is 95.7 Å². The van der Waals surface area contributed by atoms with Crippen LogP contribution in [0.3, 0.4) is 0 Å². The van der Waals surface area contributed by atoms with Gasteiger partial charge in [0.2, 0.25) is 0 Å². The van der Waals surface area contributed by atoms with Gasteiger partial charge >= 0.3 is 0 Å². The van der Waals surface area contributed by atoms with Crippen molar-refractivity contribution >= 4 is 48.1 Å². The number of hydrogen-bond donors (Lipinski definition) is 0. The van der Waals surface area contributed by atoms with E-state index in [0.29, 0.717) is 11.6 Å². The van der Waals surface area contributed by atoms with Crippen LogP contribution < -0.4 is 9.24 Å². The summed E-state index contributed by atoms with van der Waals surface area (Å²) in [4.78, 5) is 0. The third kappa shape index (κ3) is 5.56. The Bertz CT molecular complexity index is 1070. The van der Waals surface area contributed by atoms with Crippen molar-refractivity contribution in [2.24, 2.45) is 0 Å². The highest BCUT2D eigenvalue weighted by atomic mass is 32.1. The van der Waals surface area contributed by atoms with E-state index in [1.165, 1.54) is 44.0 Å². The van der Waals surface area contributed by atoms with E-state index in [1.54, 1.807) is 14.8 Å². The molecule has 1 fully saturated rings. The van der Waals surface area contributed by atoms with Gasteiger partial charge < -0.3 is 0 Å². The highest BCUT2D eigenvalue weighted by Crippen LogP contribution is 2.68. The number of unbranched alkanes of at least 4 members (excludes halogenated alkanes) is 1. The summed E-state index contributed by atoms with van der Waals surface area (Å²) in [5.74, 6) is 0.667. The Hall–Kier alpha value is -1.34. The summed E-state index contributed by atoms with van der Waals surface area (Å²) in [6.07, 6.45) is 6.40. The third-order valence-corrected chi connectivity index (χ3v) is 15.6. The van der Waals surface area contributed by atoms with E-state index in [1.807, 2.05) is 22.7 Å². The molecule has 34 heavy (non-hydrogen) atoms. The van der Waals surface area contributed by atoms with Crippen LogP contribution in [-0.4, -0.2) is 17.1 Å². The van der Waals surface area contributed by atoms with Crippen molar-refractivity contribution < 1.29 is 0 Å². The first kappa shape index (κ1) is 24.4. The number of benzene rings is 2. The summed E-state index contributed by atoms with van der Waals surface area (Å²) in [5.41, 5.74) is 3.74. The maximum Gasteiger partial charge on any atom is 0.0526 e. The fourth-order valence-corrected chi connectivity index (χ4v) is 15.3. The van der Waals surface area contributed by atoms with E-state index >= 15 is 0 Å². The number of nitrogens with zero attached hydrogens (tertiary/aromatic N) is 1. The first-order chi connectivity index (χ1) is 16.8. The highest BCUT2D eigenvalue weighted by Gasteiger charge is 2.39. The number of rotatable bonds is 9. The smallest absolute Gasteiger partial charge is 0.0526 e. The zero-order valence-electron chi connectivity index (χ0n) is 19.8. The second-order valence-electron chi connectivity index (χ2n) is 8.90. The molecule has 0 aliphatic carbocycles. The molecule has 5 heteroatoms. The van der Waals surface area contributed by atoms with Gasteiger partial charge in [0.05, 0.1) is 8.07 Å². The average molecular weight is 522 g/mol. The first-order valence-corrected chi connectivity index (χ1v) is 17.0. The molecule has 1 aliphatic heterocycles. The molecule has 2 aromatic heterocycles. The summed E-state index contributed by atoms with van der Waals surface area (Å²) < 4.78 is 6.15. The summed E-state index contributed by atoms with van der Waals surface area (Å²) >= 11 is 3.91. The Balaban J connectivity index is 1.57. The van der Waals surface area contributed by atoms with Crippen LogP contribution in [0, 0.1) is 0 Å². The zero-order chi connectivity index (χ0) is 23.2. The van der Waals surface area contributed by atoms with Gasteiger partial charge in [0.25, 0.3) is 0 Å². The van der Waals surface area contributed by atoms with Crippen LogP contribution in [0.4, 0.5) is 0 Å². The normalized spacial score (nSPS) is 20.7. The zero-order valence-corrected chi connectivity index (χ0v) is 23.2. The van der Waals surface area contributed by atoms with Crippen molar-refractivity contribution in [2.45, 2.75) is 44.2 Å². The van der Waals surface area contributed by atoms with Gasteiger partial charge in [-0.25, -0.2) is 0 Å². The van der Waals surface area contributed by atoms with Gasteiger partial charge in [-0.05, 0) is 73.4 Å². The lowest BCUT2D eigenvalue weighted by Crippen LogP contribution is -2.29. The Labute approximate surface area is 215 Å². The lowest BCUT2D eigenvalue weighted by molar-refractivity contribution is 0.558. The molecule has 0 N–H and O–H groups in total.